The average Bonchev–Trinajstić information content (AvgIpc) is 2.39. The topological polar surface area (TPSA) is 0 Å². The van der Waals surface area contributed by atoms with E-state index in [0.717, 1.165) is 0 Å². The smallest absolute Gasteiger partial charge is 0.0102 e. The van der Waals surface area contributed by atoms with Crippen molar-refractivity contribution in [3.05, 3.63) is 83.7 Å². The van der Waals surface area contributed by atoms with Crippen molar-refractivity contribution in [1.82, 2.24) is 0 Å². The Hall–Kier alpha value is -3.06. The monoisotopic (exact) mass is 226 g/mol. The molecule has 0 saturated carbocycles. The minimum absolute atomic E-state index is 1.73. The fourth-order valence-corrected chi connectivity index (χ4v) is 0.854. The summed E-state index contributed by atoms with van der Waals surface area (Å²) in [7, 11) is 0. The van der Waals surface area contributed by atoms with Crippen molar-refractivity contribution < 1.29 is 0 Å². The van der Waals surface area contributed by atoms with Gasteiger partial charge in [-0.3, -0.25) is 0 Å². The summed E-state index contributed by atoms with van der Waals surface area (Å²) >= 11 is 0. The SMILES string of the molecule is C1=C=C=C/C=C/C=C\C#CC#C/C=C\C=C\C=C=1. The number of rotatable bonds is 0. The Morgan fingerprint density at radius 3 is 1.50 bits per heavy atom. The second-order valence-corrected chi connectivity index (χ2v) is 2.90. The van der Waals surface area contributed by atoms with E-state index in [1.54, 1.807) is 24.3 Å². The summed E-state index contributed by atoms with van der Waals surface area (Å²) in [6, 6.07) is 0. The Labute approximate surface area is 108 Å². The third-order valence-electron chi connectivity index (χ3n) is 1.58. The third kappa shape index (κ3) is 8.26. The maximum absolute atomic E-state index is 2.80. The molecule has 0 nitrogen and oxygen atoms in total. The van der Waals surface area contributed by atoms with Gasteiger partial charge in [-0.2, -0.15) is 0 Å². The van der Waals surface area contributed by atoms with Crippen LogP contribution in [0.1, 0.15) is 0 Å². The van der Waals surface area contributed by atoms with E-state index in [2.05, 4.69) is 46.6 Å². The Kier molecular flexibility index (Phi) is 7.56. The van der Waals surface area contributed by atoms with E-state index in [0.29, 0.717) is 0 Å². The molecule has 0 aromatic rings. The molecular formula is C18H10. The zero-order chi connectivity index (χ0) is 12.7. The van der Waals surface area contributed by atoms with Crippen molar-refractivity contribution in [3.8, 4) is 23.7 Å². The highest BCUT2D eigenvalue weighted by Gasteiger charge is 1.62. The highest BCUT2D eigenvalue weighted by molar-refractivity contribution is 5.35. The van der Waals surface area contributed by atoms with Crippen LogP contribution in [-0.4, -0.2) is 0 Å². The van der Waals surface area contributed by atoms with Gasteiger partial charge in [0.05, 0.1) is 0 Å². The molecule has 0 atom stereocenters. The molecule has 0 radical (unpaired) electrons. The molecule has 0 bridgehead atoms. The van der Waals surface area contributed by atoms with Gasteiger partial charge in [0.2, 0.25) is 0 Å². The molecule has 0 unspecified atom stereocenters. The van der Waals surface area contributed by atoms with Crippen molar-refractivity contribution in [2.75, 3.05) is 0 Å². The lowest BCUT2D eigenvalue weighted by Crippen LogP contribution is -1.54. The molecule has 0 spiro atoms. The van der Waals surface area contributed by atoms with Crippen LogP contribution in [0.5, 0.6) is 0 Å². The van der Waals surface area contributed by atoms with Crippen LogP contribution in [0.2, 0.25) is 0 Å². The molecule has 1 rings (SSSR count). The molecule has 0 saturated heterocycles. The molecule has 0 heterocycles. The summed E-state index contributed by atoms with van der Waals surface area (Å²) in [6.07, 6.45) is 17.9. The molecular weight excluding hydrogens is 216 g/mol. The van der Waals surface area contributed by atoms with Crippen LogP contribution in [0.3, 0.4) is 0 Å². The Bertz CT molecular complexity index is 611. The molecule has 0 aromatic carbocycles. The fourth-order valence-electron chi connectivity index (χ4n) is 0.854. The van der Waals surface area contributed by atoms with E-state index < -0.39 is 0 Å². The molecule has 0 N–H and O–H groups in total. The lowest BCUT2D eigenvalue weighted by Gasteiger charge is -1.68. The Balaban J connectivity index is 2.98. The molecule has 1 aliphatic carbocycles. The highest BCUT2D eigenvalue weighted by Crippen LogP contribution is 1.79. The van der Waals surface area contributed by atoms with Crippen LogP contribution in [0, 0.1) is 23.7 Å². The van der Waals surface area contributed by atoms with Crippen LogP contribution in [-0.2, 0) is 0 Å². The summed E-state index contributed by atoms with van der Waals surface area (Å²) in [5, 5.41) is 0. The Morgan fingerprint density at radius 1 is 0.500 bits per heavy atom. The summed E-state index contributed by atoms with van der Waals surface area (Å²) in [5.74, 6) is 11.0. The van der Waals surface area contributed by atoms with Crippen LogP contribution in [0.15, 0.2) is 83.7 Å². The molecule has 82 valence electrons. The first kappa shape index (κ1) is 13.0. The van der Waals surface area contributed by atoms with Crippen LogP contribution in [0.25, 0.3) is 0 Å². The lowest BCUT2D eigenvalue weighted by molar-refractivity contribution is 1.91. The number of hydrogen-bond donors (Lipinski definition) is 0. The summed E-state index contributed by atoms with van der Waals surface area (Å²) in [4.78, 5) is 0. The quantitative estimate of drug-likeness (QED) is 0.438. The molecule has 0 heteroatoms. The van der Waals surface area contributed by atoms with E-state index in [4.69, 9.17) is 0 Å². The molecule has 0 aliphatic heterocycles. The molecule has 1 aliphatic rings. The van der Waals surface area contributed by atoms with Gasteiger partial charge in [-0.25, -0.2) is 0 Å². The predicted molar refractivity (Wildman–Crippen MR) is 75.3 cm³/mol. The van der Waals surface area contributed by atoms with Crippen molar-refractivity contribution in [2.45, 2.75) is 0 Å². The normalized spacial score (nSPS) is 19.6. The first-order valence-electron chi connectivity index (χ1n) is 5.32. The number of allylic oxidation sites excluding steroid dienone is 10. The lowest BCUT2D eigenvalue weighted by atomic mass is 10.4. The molecule has 18 heavy (non-hydrogen) atoms. The van der Waals surface area contributed by atoms with Gasteiger partial charge in [-0.1, -0.05) is 59.8 Å². The second-order valence-electron chi connectivity index (χ2n) is 2.90. The van der Waals surface area contributed by atoms with Crippen molar-refractivity contribution in [1.29, 1.82) is 0 Å². The van der Waals surface area contributed by atoms with Gasteiger partial charge >= 0.3 is 0 Å². The zero-order valence-corrected chi connectivity index (χ0v) is 9.77. The average molecular weight is 226 g/mol. The van der Waals surface area contributed by atoms with Gasteiger partial charge in [-0.15, -0.1) is 0 Å². The summed E-state index contributed by atoms with van der Waals surface area (Å²) < 4.78 is 0. The van der Waals surface area contributed by atoms with Crippen molar-refractivity contribution >= 4 is 0 Å². The van der Waals surface area contributed by atoms with Gasteiger partial charge in [0.1, 0.15) is 0 Å². The van der Waals surface area contributed by atoms with Gasteiger partial charge in [0.25, 0.3) is 0 Å². The largest absolute Gasteiger partial charge is 0.0610 e. The fraction of sp³-hybridized carbons (Fsp3) is 0. The summed E-state index contributed by atoms with van der Waals surface area (Å²) in [5.41, 5.74) is 11.0. The maximum Gasteiger partial charge on any atom is -0.0102 e. The third-order valence-corrected chi connectivity index (χ3v) is 1.58. The van der Waals surface area contributed by atoms with Gasteiger partial charge in [0.15, 0.2) is 0 Å². The van der Waals surface area contributed by atoms with E-state index in [1.165, 1.54) is 0 Å². The van der Waals surface area contributed by atoms with Crippen LogP contribution >= 0.6 is 0 Å². The highest BCUT2D eigenvalue weighted by atomic mass is 13.7. The minimum atomic E-state index is 1.73. The van der Waals surface area contributed by atoms with Gasteiger partial charge < -0.3 is 0 Å². The van der Waals surface area contributed by atoms with E-state index in [-0.39, 0.29) is 0 Å². The van der Waals surface area contributed by atoms with Gasteiger partial charge in [-0.05, 0) is 47.6 Å². The van der Waals surface area contributed by atoms with Crippen LogP contribution in [0.4, 0.5) is 0 Å². The maximum atomic E-state index is 2.80. The van der Waals surface area contributed by atoms with Gasteiger partial charge in [0, 0.05) is 0 Å². The molecule has 0 aromatic heterocycles. The minimum Gasteiger partial charge on any atom is -0.0610 e. The standard InChI is InChI=1S/C18H10/c1-2-4-6-8-10-12-14-16-18-17-15-13-11-9-7-5-3-1/h1-5,14-18H/b2-1+,3-1?,4-2?,5-3-,16-14?,17-15-,18-16+,18-17?. The summed E-state index contributed by atoms with van der Waals surface area (Å²) in [6.45, 7) is 0. The van der Waals surface area contributed by atoms with E-state index in [1.807, 2.05) is 36.5 Å². The zero-order valence-electron chi connectivity index (χ0n) is 9.77. The molecule has 0 amide bonds. The van der Waals surface area contributed by atoms with Crippen molar-refractivity contribution in [3.63, 3.8) is 0 Å². The number of hydrogen-bond acceptors (Lipinski definition) is 0. The predicted octanol–water partition coefficient (Wildman–Crippen LogP) is 3.41. The molecule has 0 fully saturated rings. The second kappa shape index (κ2) is 10.5. The van der Waals surface area contributed by atoms with Crippen molar-refractivity contribution in [2.24, 2.45) is 0 Å². The first-order chi connectivity index (χ1) is 9.00. The van der Waals surface area contributed by atoms with E-state index in [9.17, 15) is 0 Å². The van der Waals surface area contributed by atoms with E-state index >= 15 is 0 Å². The first-order valence-corrected chi connectivity index (χ1v) is 5.32. The Morgan fingerprint density at radius 2 is 1.00 bits per heavy atom. The van der Waals surface area contributed by atoms with Crippen LogP contribution < -0.4 is 0 Å².